The van der Waals surface area contributed by atoms with Crippen LogP contribution < -0.4 is 0 Å². The molecule has 0 bridgehead atoms. The van der Waals surface area contributed by atoms with Crippen LogP contribution in [0.4, 0.5) is 0 Å². The summed E-state index contributed by atoms with van der Waals surface area (Å²) in [6, 6.07) is 19.6. The van der Waals surface area contributed by atoms with Crippen molar-refractivity contribution in [2.75, 3.05) is 12.4 Å². The Morgan fingerprint density at radius 1 is 1.00 bits per heavy atom. The number of hydrogen-bond donors (Lipinski definition) is 0. The van der Waals surface area contributed by atoms with E-state index in [2.05, 4.69) is 15.9 Å². The summed E-state index contributed by atoms with van der Waals surface area (Å²) < 4.78 is 5.12. The van der Waals surface area contributed by atoms with E-state index in [0.717, 1.165) is 11.1 Å². The smallest absolute Gasteiger partial charge is 0.320 e. The lowest BCUT2D eigenvalue weighted by Crippen LogP contribution is -2.38. The third kappa shape index (κ3) is 2.63. The van der Waals surface area contributed by atoms with Crippen LogP contribution in [-0.2, 0) is 14.9 Å². The van der Waals surface area contributed by atoms with Crippen molar-refractivity contribution in [3.8, 4) is 0 Å². The Bertz CT molecular complexity index is 512. The predicted octanol–water partition coefficient (Wildman–Crippen LogP) is 3.93. The van der Waals surface area contributed by atoms with Gasteiger partial charge in [0.15, 0.2) is 0 Å². The molecule has 3 heteroatoms. The minimum Gasteiger partial charge on any atom is -0.468 e. The first-order chi connectivity index (χ1) is 9.75. The van der Waals surface area contributed by atoms with Gasteiger partial charge in [-0.25, -0.2) is 0 Å². The highest BCUT2D eigenvalue weighted by molar-refractivity contribution is 9.09. The Kier molecular flexibility index (Phi) is 4.96. The fourth-order valence-corrected chi connectivity index (χ4v) is 3.15. The lowest BCUT2D eigenvalue weighted by molar-refractivity contribution is -0.146. The summed E-state index contributed by atoms with van der Waals surface area (Å²) in [7, 11) is 1.44. The molecular formula is C17H17BrO2. The van der Waals surface area contributed by atoms with Crippen molar-refractivity contribution in [3.05, 3.63) is 71.8 Å². The van der Waals surface area contributed by atoms with Crippen molar-refractivity contribution in [1.82, 2.24) is 0 Å². The van der Waals surface area contributed by atoms with Crippen LogP contribution in [-0.4, -0.2) is 18.4 Å². The summed E-state index contributed by atoms with van der Waals surface area (Å²) in [5.74, 6) is -0.227. The molecule has 0 aliphatic carbocycles. The van der Waals surface area contributed by atoms with Crippen molar-refractivity contribution in [1.29, 1.82) is 0 Å². The number of benzene rings is 2. The van der Waals surface area contributed by atoms with Crippen molar-refractivity contribution in [2.45, 2.75) is 11.8 Å². The maximum atomic E-state index is 12.6. The zero-order chi connectivity index (χ0) is 14.4. The third-order valence-electron chi connectivity index (χ3n) is 3.54. The second-order valence-electron chi connectivity index (χ2n) is 4.57. The number of esters is 1. The highest BCUT2D eigenvalue weighted by Crippen LogP contribution is 2.37. The van der Waals surface area contributed by atoms with Gasteiger partial charge in [-0.05, 0) is 17.5 Å². The van der Waals surface area contributed by atoms with Gasteiger partial charge in [0.1, 0.15) is 5.41 Å². The summed E-state index contributed by atoms with van der Waals surface area (Å²) in [6.07, 6.45) is 0.647. The molecule has 0 spiro atoms. The van der Waals surface area contributed by atoms with E-state index < -0.39 is 5.41 Å². The lowest BCUT2D eigenvalue weighted by atomic mass is 9.72. The summed E-state index contributed by atoms with van der Waals surface area (Å²) in [6.45, 7) is 0. The summed E-state index contributed by atoms with van der Waals surface area (Å²) in [5, 5.41) is 0.714. The molecule has 2 aromatic carbocycles. The normalized spacial score (nSPS) is 11.1. The van der Waals surface area contributed by atoms with Gasteiger partial charge in [0.05, 0.1) is 7.11 Å². The Labute approximate surface area is 127 Å². The van der Waals surface area contributed by atoms with Crippen LogP contribution in [0.2, 0.25) is 0 Å². The van der Waals surface area contributed by atoms with Crippen LogP contribution >= 0.6 is 15.9 Å². The van der Waals surface area contributed by atoms with Gasteiger partial charge in [-0.1, -0.05) is 76.6 Å². The van der Waals surface area contributed by atoms with E-state index in [1.165, 1.54) is 7.11 Å². The predicted molar refractivity (Wildman–Crippen MR) is 84.1 cm³/mol. The molecule has 0 fully saturated rings. The molecule has 2 nitrogen and oxygen atoms in total. The SMILES string of the molecule is COC(=O)C(CCBr)(c1ccccc1)c1ccccc1. The summed E-state index contributed by atoms with van der Waals surface area (Å²) >= 11 is 3.47. The molecule has 0 unspecified atom stereocenters. The van der Waals surface area contributed by atoms with Gasteiger partial charge in [0.25, 0.3) is 0 Å². The first-order valence-corrected chi connectivity index (χ1v) is 7.63. The van der Waals surface area contributed by atoms with Crippen LogP contribution in [0.15, 0.2) is 60.7 Å². The van der Waals surface area contributed by atoms with Gasteiger partial charge >= 0.3 is 5.97 Å². The number of halogens is 1. The number of alkyl halides is 1. The molecular weight excluding hydrogens is 316 g/mol. The number of rotatable bonds is 5. The van der Waals surface area contributed by atoms with Gasteiger partial charge in [0, 0.05) is 5.33 Å². The Morgan fingerprint density at radius 2 is 1.45 bits per heavy atom. The van der Waals surface area contributed by atoms with E-state index in [4.69, 9.17) is 4.74 Å². The number of carbonyl (C=O) groups is 1. The van der Waals surface area contributed by atoms with Crippen molar-refractivity contribution < 1.29 is 9.53 Å². The van der Waals surface area contributed by atoms with Crippen molar-refractivity contribution in [3.63, 3.8) is 0 Å². The first kappa shape index (κ1) is 14.8. The Hall–Kier alpha value is -1.61. The van der Waals surface area contributed by atoms with Crippen LogP contribution in [0, 0.1) is 0 Å². The van der Waals surface area contributed by atoms with Crippen molar-refractivity contribution >= 4 is 21.9 Å². The average Bonchev–Trinajstić information content (AvgIpc) is 2.53. The molecule has 20 heavy (non-hydrogen) atoms. The average molecular weight is 333 g/mol. The maximum absolute atomic E-state index is 12.6. The standard InChI is InChI=1S/C17H17BrO2/c1-20-16(19)17(12-13-18,14-8-4-2-5-9-14)15-10-6-3-7-11-15/h2-11H,12-13H2,1H3. The molecule has 0 aliphatic rings. The zero-order valence-corrected chi connectivity index (χ0v) is 13.0. The first-order valence-electron chi connectivity index (χ1n) is 6.51. The van der Waals surface area contributed by atoms with Crippen LogP contribution in [0.5, 0.6) is 0 Å². The second kappa shape index (κ2) is 6.71. The molecule has 2 aromatic rings. The fraction of sp³-hybridized carbons (Fsp3) is 0.235. The van der Waals surface area contributed by atoms with E-state index in [1.807, 2.05) is 60.7 Å². The molecule has 0 atom stereocenters. The number of hydrogen-bond acceptors (Lipinski definition) is 2. The van der Waals surface area contributed by atoms with Gasteiger partial charge in [-0.3, -0.25) is 4.79 Å². The van der Waals surface area contributed by atoms with Crippen LogP contribution in [0.3, 0.4) is 0 Å². The fourth-order valence-electron chi connectivity index (χ4n) is 2.55. The molecule has 0 aromatic heterocycles. The van der Waals surface area contributed by atoms with E-state index >= 15 is 0 Å². The van der Waals surface area contributed by atoms with Crippen LogP contribution in [0.1, 0.15) is 17.5 Å². The van der Waals surface area contributed by atoms with Gasteiger partial charge < -0.3 is 4.74 Å². The second-order valence-corrected chi connectivity index (χ2v) is 5.36. The monoisotopic (exact) mass is 332 g/mol. The Morgan fingerprint density at radius 3 is 1.80 bits per heavy atom. The number of ether oxygens (including phenoxy) is 1. The largest absolute Gasteiger partial charge is 0.468 e. The van der Waals surface area contributed by atoms with Gasteiger partial charge in [0.2, 0.25) is 0 Å². The highest BCUT2D eigenvalue weighted by Gasteiger charge is 2.42. The maximum Gasteiger partial charge on any atom is 0.320 e. The molecule has 0 heterocycles. The minimum absolute atomic E-state index is 0.227. The molecule has 2 rings (SSSR count). The van der Waals surface area contributed by atoms with E-state index in [-0.39, 0.29) is 5.97 Å². The molecule has 0 N–H and O–H groups in total. The highest BCUT2D eigenvalue weighted by atomic mass is 79.9. The quantitative estimate of drug-likeness (QED) is 0.612. The summed E-state index contributed by atoms with van der Waals surface area (Å²) in [5.41, 5.74) is 1.15. The topological polar surface area (TPSA) is 26.3 Å². The van der Waals surface area contributed by atoms with E-state index in [9.17, 15) is 4.79 Å². The van der Waals surface area contributed by atoms with Gasteiger partial charge in [-0.15, -0.1) is 0 Å². The zero-order valence-electron chi connectivity index (χ0n) is 11.4. The molecule has 0 aliphatic heterocycles. The van der Waals surface area contributed by atoms with Gasteiger partial charge in [-0.2, -0.15) is 0 Å². The summed E-state index contributed by atoms with van der Waals surface area (Å²) in [4.78, 5) is 12.6. The molecule has 104 valence electrons. The van der Waals surface area contributed by atoms with Crippen molar-refractivity contribution in [2.24, 2.45) is 0 Å². The van der Waals surface area contributed by atoms with E-state index in [1.54, 1.807) is 0 Å². The third-order valence-corrected chi connectivity index (χ3v) is 3.93. The molecule has 0 saturated heterocycles. The number of methoxy groups -OCH3 is 1. The number of carbonyl (C=O) groups excluding carboxylic acids is 1. The minimum atomic E-state index is -0.763. The van der Waals surface area contributed by atoms with Crippen LogP contribution in [0.25, 0.3) is 0 Å². The molecule has 0 radical (unpaired) electrons. The molecule has 0 amide bonds. The Balaban J connectivity index is 2.66. The lowest BCUT2D eigenvalue weighted by Gasteiger charge is -2.31. The van der Waals surface area contributed by atoms with E-state index in [0.29, 0.717) is 11.8 Å². The molecule has 0 saturated carbocycles.